The zero-order valence-electron chi connectivity index (χ0n) is 10.3. The molecule has 1 fully saturated rings. The largest absolute Gasteiger partial charge is 0.454 e. The summed E-state index contributed by atoms with van der Waals surface area (Å²) in [6.07, 6.45) is 3.52. The molecular weight excluding hydrogens is 204 g/mol. The van der Waals surface area contributed by atoms with Crippen molar-refractivity contribution in [3.8, 4) is 0 Å². The maximum Gasteiger partial charge on any atom is 0.231 e. The van der Waals surface area contributed by atoms with Crippen LogP contribution in [0.15, 0.2) is 36.3 Å². The Bertz CT molecular complexity index is 300. The van der Waals surface area contributed by atoms with E-state index in [1.165, 1.54) is 0 Å². The molecule has 0 aliphatic carbocycles. The van der Waals surface area contributed by atoms with Crippen molar-refractivity contribution in [3.05, 3.63) is 36.3 Å². The van der Waals surface area contributed by atoms with Crippen LogP contribution in [0.4, 0.5) is 0 Å². The zero-order chi connectivity index (χ0) is 12.6. The maximum absolute atomic E-state index is 10.0. The lowest BCUT2D eigenvalue weighted by molar-refractivity contribution is -0.117. The number of ketones is 1. The van der Waals surface area contributed by atoms with Crippen molar-refractivity contribution in [2.75, 3.05) is 6.79 Å². The normalized spacial score (nSPS) is 15.9. The van der Waals surface area contributed by atoms with Crippen molar-refractivity contribution in [3.63, 3.8) is 0 Å². The van der Waals surface area contributed by atoms with Gasteiger partial charge in [-0.1, -0.05) is 25.7 Å². The van der Waals surface area contributed by atoms with Crippen LogP contribution < -0.4 is 0 Å². The molecule has 0 saturated carbocycles. The van der Waals surface area contributed by atoms with Gasteiger partial charge in [0, 0.05) is 6.42 Å². The Morgan fingerprint density at radius 2 is 2.06 bits per heavy atom. The predicted molar refractivity (Wildman–Crippen MR) is 64.7 cm³/mol. The van der Waals surface area contributed by atoms with E-state index in [1.807, 2.05) is 13.8 Å². The van der Waals surface area contributed by atoms with E-state index in [2.05, 4.69) is 13.2 Å². The molecule has 0 aromatic carbocycles. The highest BCUT2D eigenvalue weighted by atomic mass is 16.7. The van der Waals surface area contributed by atoms with E-state index in [-0.39, 0.29) is 12.6 Å². The second-order valence-corrected chi connectivity index (χ2v) is 3.64. The summed E-state index contributed by atoms with van der Waals surface area (Å²) in [6.45, 7) is 13.1. The van der Waals surface area contributed by atoms with Crippen LogP contribution >= 0.6 is 0 Å². The number of allylic oxidation sites excluding steroid dienone is 2. The van der Waals surface area contributed by atoms with Crippen LogP contribution in [0.3, 0.4) is 0 Å². The first kappa shape index (κ1) is 14.5. The summed E-state index contributed by atoms with van der Waals surface area (Å²) in [5.74, 6) is 1.56. The quantitative estimate of drug-likeness (QED) is 0.737. The van der Waals surface area contributed by atoms with Crippen LogP contribution in [-0.2, 0) is 14.3 Å². The Morgan fingerprint density at radius 3 is 2.31 bits per heavy atom. The van der Waals surface area contributed by atoms with Crippen molar-refractivity contribution in [2.24, 2.45) is 0 Å². The van der Waals surface area contributed by atoms with E-state index in [0.29, 0.717) is 11.5 Å². The third-order valence-corrected chi connectivity index (χ3v) is 1.70. The minimum Gasteiger partial charge on any atom is -0.454 e. The van der Waals surface area contributed by atoms with Crippen molar-refractivity contribution in [1.29, 1.82) is 0 Å². The minimum atomic E-state index is 0.276. The van der Waals surface area contributed by atoms with Gasteiger partial charge in [-0.05, 0) is 26.3 Å². The fourth-order valence-electron chi connectivity index (χ4n) is 1.01. The van der Waals surface area contributed by atoms with Gasteiger partial charge in [0.1, 0.15) is 5.78 Å². The van der Waals surface area contributed by atoms with E-state index >= 15 is 0 Å². The lowest BCUT2D eigenvalue weighted by Gasteiger charge is -1.92. The van der Waals surface area contributed by atoms with E-state index in [1.54, 1.807) is 13.0 Å². The van der Waals surface area contributed by atoms with E-state index < -0.39 is 0 Å². The van der Waals surface area contributed by atoms with Gasteiger partial charge >= 0.3 is 0 Å². The summed E-state index contributed by atoms with van der Waals surface area (Å²) >= 11 is 0. The number of carbonyl (C=O) groups excluding carboxylic acids is 1. The highest BCUT2D eigenvalue weighted by molar-refractivity contribution is 5.75. The monoisotopic (exact) mass is 224 g/mol. The van der Waals surface area contributed by atoms with Gasteiger partial charge in [0.25, 0.3) is 0 Å². The van der Waals surface area contributed by atoms with Gasteiger partial charge in [-0.15, -0.1) is 0 Å². The molecule has 1 aliphatic heterocycles. The third kappa shape index (κ3) is 6.87. The summed E-state index contributed by atoms with van der Waals surface area (Å²) < 4.78 is 9.99. The Balaban J connectivity index is 0.000000325. The standard InChI is InChI=1S/C8H10O2.C5H10O/c1-6(2)4-8-7(3)9-5-10-8;1-3-4-5(2)6/h4H,1,3,5H2,2H3;3-4H2,1-2H3/b8-4+;. The molecule has 1 saturated heterocycles. The predicted octanol–water partition coefficient (Wildman–Crippen LogP) is 3.34. The van der Waals surface area contributed by atoms with Gasteiger partial charge in [0.2, 0.25) is 6.79 Å². The van der Waals surface area contributed by atoms with Crippen LogP contribution in [0.25, 0.3) is 0 Å². The van der Waals surface area contributed by atoms with Gasteiger partial charge in [0.15, 0.2) is 11.5 Å². The third-order valence-electron chi connectivity index (χ3n) is 1.70. The number of rotatable bonds is 3. The topological polar surface area (TPSA) is 35.5 Å². The molecule has 0 amide bonds. The molecule has 0 spiro atoms. The first-order valence-electron chi connectivity index (χ1n) is 5.28. The van der Waals surface area contributed by atoms with Gasteiger partial charge < -0.3 is 14.3 Å². The maximum atomic E-state index is 10.0. The molecule has 3 heteroatoms. The van der Waals surface area contributed by atoms with Gasteiger partial charge in [-0.2, -0.15) is 0 Å². The van der Waals surface area contributed by atoms with Crippen LogP contribution in [0.5, 0.6) is 0 Å². The Labute approximate surface area is 97.4 Å². The number of hydrogen-bond donors (Lipinski definition) is 0. The number of carbonyl (C=O) groups is 1. The minimum absolute atomic E-state index is 0.276. The fraction of sp³-hybridized carbons (Fsp3) is 0.462. The molecule has 16 heavy (non-hydrogen) atoms. The molecule has 1 rings (SSSR count). The Morgan fingerprint density at radius 1 is 1.44 bits per heavy atom. The van der Waals surface area contributed by atoms with Gasteiger partial charge in [-0.25, -0.2) is 0 Å². The van der Waals surface area contributed by atoms with Crippen LogP contribution in [0, 0.1) is 0 Å². The van der Waals surface area contributed by atoms with Crippen LogP contribution in [-0.4, -0.2) is 12.6 Å². The first-order valence-corrected chi connectivity index (χ1v) is 5.28. The molecule has 0 N–H and O–H groups in total. The summed E-state index contributed by atoms with van der Waals surface area (Å²) in [5.41, 5.74) is 0.932. The number of Topliss-reactive ketones (excluding diaryl/α,β-unsaturated/α-hetero) is 1. The fourth-order valence-corrected chi connectivity index (χ4v) is 1.01. The molecule has 0 atom stereocenters. The molecule has 90 valence electrons. The van der Waals surface area contributed by atoms with Crippen molar-refractivity contribution in [2.45, 2.75) is 33.6 Å². The highest BCUT2D eigenvalue weighted by Crippen LogP contribution is 2.19. The Hall–Kier alpha value is -1.51. The van der Waals surface area contributed by atoms with Gasteiger partial charge in [0.05, 0.1) is 0 Å². The van der Waals surface area contributed by atoms with Gasteiger partial charge in [-0.3, -0.25) is 0 Å². The summed E-state index contributed by atoms with van der Waals surface area (Å²) in [5, 5.41) is 0. The average Bonchev–Trinajstić information content (AvgIpc) is 2.51. The smallest absolute Gasteiger partial charge is 0.231 e. The average molecular weight is 224 g/mol. The van der Waals surface area contributed by atoms with Crippen LogP contribution in [0.1, 0.15) is 33.6 Å². The van der Waals surface area contributed by atoms with E-state index in [0.717, 1.165) is 18.4 Å². The molecule has 1 heterocycles. The van der Waals surface area contributed by atoms with E-state index in [4.69, 9.17) is 9.47 Å². The molecule has 0 bridgehead atoms. The van der Waals surface area contributed by atoms with Crippen LogP contribution in [0.2, 0.25) is 0 Å². The zero-order valence-corrected chi connectivity index (χ0v) is 10.3. The first-order chi connectivity index (χ1) is 7.47. The van der Waals surface area contributed by atoms with E-state index in [9.17, 15) is 4.79 Å². The number of hydrogen-bond acceptors (Lipinski definition) is 3. The molecule has 0 aromatic heterocycles. The molecule has 0 aromatic rings. The summed E-state index contributed by atoms with van der Waals surface area (Å²) in [6, 6.07) is 0. The molecule has 0 unspecified atom stereocenters. The number of ether oxygens (including phenoxy) is 2. The van der Waals surface area contributed by atoms with Crippen molar-refractivity contribution >= 4 is 5.78 Å². The summed E-state index contributed by atoms with van der Waals surface area (Å²) in [4.78, 5) is 10.0. The highest BCUT2D eigenvalue weighted by Gasteiger charge is 2.12. The summed E-state index contributed by atoms with van der Waals surface area (Å²) in [7, 11) is 0. The molecular formula is C13H20O3. The SMILES string of the molecule is C=C(C)/C=C1/OCOC1=C.CCCC(C)=O. The second kappa shape index (κ2) is 7.74. The van der Waals surface area contributed by atoms with Crippen molar-refractivity contribution in [1.82, 2.24) is 0 Å². The molecule has 0 radical (unpaired) electrons. The lowest BCUT2D eigenvalue weighted by atomic mass is 10.3. The molecule has 1 aliphatic rings. The lowest BCUT2D eigenvalue weighted by Crippen LogP contribution is -1.84. The Kier molecular flexibility index (Phi) is 7.01. The second-order valence-electron chi connectivity index (χ2n) is 3.64. The molecule has 3 nitrogen and oxygen atoms in total. The van der Waals surface area contributed by atoms with Crippen molar-refractivity contribution < 1.29 is 14.3 Å².